The van der Waals surface area contributed by atoms with Gasteiger partial charge in [-0.05, 0) is 51.3 Å². The average molecular weight is 227 g/mol. The van der Waals surface area contributed by atoms with Gasteiger partial charge in [0.2, 0.25) is 0 Å². The molecule has 1 rings (SSSR count). The molecule has 0 spiro atoms. The Morgan fingerprint density at radius 3 is 2.27 bits per heavy atom. The summed E-state index contributed by atoms with van der Waals surface area (Å²) < 4.78 is 5.65. The Balaban J connectivity index is 2.23. The van der Waals surface area contributed by atoms with Crippen LogP contribution in [0.1, 0.15) is 32.8 Å². The van der Waals surface area contributed by atoms with E-state index in [1.165, 1.54) is 5.56 Å². The van der Waals surface area contributed by atoms with Crippen molar-refractivity contribution in [1.82, 2.24) is 0 Å². The molecule has 15 heavy (non-hydrogen) atoms. The first-order valence-corrected chi connectivity index (χ1v) is 5.73. The highest BCUT2D eigenvalue weighted by Gasteiger charge is 2.08. The first kappa shape index (κ1) is 12.5. The number of hydrogen-bond acceptors (Lipinski definition) is 1. The van der Waals surface area contributed by atoms with Crippen molar-refractivity contribution < 1.29 is 4.74 Å². The lowest BCUT2D eigenvalue weighted by atomic mass is 10.1. The second-order valence-electron chi connectivity index (χ2n) is 4.69. The minimum Gasteiger partial charge on any atom is -0.376 e. The number of benzene rings is 1. The number of hydrogen-bond donors (Lipinski definition) is 0. The summed E-state index contributed by atoms with van der Waals surface area (Å²) in [5, 5.41) is 0.796. The Morgan fingerprint density at radius 2 is 1.73 bits per heavy atom. The maximum atomic E-state index is 5.81. The molecule has 0 aliphatic rings. The van der Waals surface area contributed by atoms with Crippen LogP contribution in [0.25, 0.3) is 0 Å². The fraction of sp³-hybridized carbons (Fsp3) is 0.538. The Bertz CT molecular complexity index is 284. The molecule has 1 aromatic rings. The molecule has 0 aliphatic heterocycles. The topological polar surface area (TPSA) is 9.23 Å². The minimum atomic E-state index is -0.0278. The predicted octanol–water partition coefficient (Wildman–Crippen LogP) is 4.09. The molecule has 2 heteroatoms. The van der Waals surface area contributed by atoms with E-state index in [2.05, 4.69) is 32.9 Å². The van der Waals surface area contributed by atoms with Crippen LogP contribution in [0.5, 0.6) is 0 Å². The van der Waals surface area contributed by atoms with E-state index in [4.69, 9.17) is 16.3 Å². The quantitative estimate of drug-likeness (QED) is 0.703. The summed E-state index contributed by atoms with van der Waals surface area (Å²) in [6.45, 7) is 7.05. The van der Waals surface area contributed by atoms with Gasteiger partial charge >= 0.3 is 0 Å². The van der Waals surface area contributed by atoms with Gasteiger partial charge in [-0.2, -0.15) is 0 Å². The largest absolute Gasteiger partial charge is 0.376 e. The van der Waals surface area contributed by atoms with E-state index < -0.39 is 0 Å². The molecule has 0 saturated heterocycles. The SMILES string of the molecule is CC(C)(C)OCCCc1ccc(Cl)cc1. The van der Waals surface area contributed by atoms with Gasteiger partial charge in [-0.15, -0.1) is 0 Å². The van der Waals surface area contributed by atoms with Crippen molar-refractivity contribution in [3.63, 3.8) is 0 Å². The van der Waals surface area contributed by atoms with E-state index in [-0.39, 0.29) is 5.60 Å². The second-order valence-corrected chi connectivity index (χ2v) is 5.13. The van der Waals surface area contributed by atoms with Crippen LogP contribution in [-0.2, 0) is 11.2 Å². The third-order valence-corrected chi connectivity index (χ3v) is 2.31. The number of halogens is 1. The predicted molar refractivity (Wildman–Crippen MR) is 65.5 cm³/mol. The molecule has 84 valence electrons. The van der Waals surface area contributed by atoms with Crippen LogP contribution < -0.4 is 0 Å². The van der Waals surface area contributed by atoms with Crippen molar-refractivity contribution in [2.45, 2.75) is 39.2 Å². The molecule has 0 aromatic heterocycles. The van der Waals surface area contributed by atoms with Crippen LogP contribution in [0.3, 0.4) is 0 Å². The molecule has 0 radical (unpaired) electrons. The summed E-state index contributed by atoms with van der Waals surface area (Å²) in [7, 11) is 0. The van der Waals surface area contributed by atoms with Gasteiger partial charge in [0.15, 0.2) is 0 Å². The smallest absolute Gasteiger partial charge is 0.0598 e. The van der Waals surface area contributed by atoms with Crippen molar-refractivity contribution in [1.29, 1.82) is 0 Å². The van der Waals surface area contributed by atoms with Crippen molar-refractivity contribution in [2.75, 3.05) is 6.61 Å². The van der Waals surface area contributed by atoms with Gasteiger partial charge < -0.3 is 4.74 Å². The molecule has 0 fully saturated rings. The van der Waals surface area contributed by atoms with Crippen LogP contribution in [0.2, 0.25) is 5.02 Å². The average Bonchev–Trinajstić information content (AvgIpc) is 2.14. The molecule has 0 aliphatic carbocycles. The Hall–Kier alpha value is -0.530. The molecule has 0 heterocycles. The van der Waals surface area contributed by atoms with Crippen LogP contribution >= 0.6 is 11.6 Å². The molecule has 0 N–H and O–H groups in total. The van der Waals surface area contributed by atoms with Gasteiger partial charge in [0.05, 0.1) is 5.60 Å². The minimum absolute atomic E-state index is 0.0278. The fourth-order valence-corrected chi connectivity index (χ4v) is 1.43. The van der Waals surface area contributed by atoms with Crippen molar-refractivity contribution in [3.8, 4) is 0 Å². The van der Waals surface area contributed by atoms with Gasteiger partial charge in [-0.1, -0.05) is 23.7 Å². The van der Waals surface area contributed by atoms with E-state index in [0.717, 1.165) is 24.5 Å². The number of aryl methyl sites for hydroxylation is 1. The van der Waals surface area contributed by atoms with Gasteiger partial charge in [0.1, 0.15) is 0 Å². The third-order valence-electron chi connectivity index (χ3n) is 2.06. The highest BCUT2D eigenvalue weighted by Crippen LogP contribution is 2.12. The third kappa shape index (κ3) is 5.81. The summed E-state index contributed by atoms with van der Waals surface area (Å²) >= 11 is 5.81. The fourth-order valence-electron chi connectivity index (χ4n) is 1.31. The molecular formula is C13H19ClO. The first-order chi connectivity index (χ1) is 6.97. The lowest BCUT2D eigenvalue weighted by molar-refractivity contribution is -0.00384. The zero-order chi connectivity index (χ0) is 11.3. The van der Waals surface area contributed by atoms with Crippen molar-refractivity contribution in [2.24, 2.45) is 0 Å². The van der Waals surface area contributed by atoms with Gasteiger partial charge in [0.25, 0.3) is 0 Å². The van der Waals surface area contributed by atoms with E-state index in [0.29, 0.717) is 0 Å². The van der Waals surface area contributed by atoms with E-state index in [1.807, 2.05) is 12.1 Å². The molecule has 0 atom stereocenters. The van der Waals surface area contributed by atoms with E-state index in [9.17, 15) is 0 Å². The van der Waals surface area contributed by atoms with Gasteiger partial charge in [-0.25, -0.2) is 0 Å². The van der Waals surface area contributed by atoms with Gasteiger partial charge in [0, 0.05) is 11.6 Å². The maximum absolute atomic E-state index is 5.81. The van der Waals surface area contributed by atoms with Crippen molar-refractivity contribution in [3.05, 3.63) is 34.9 Å². The standard InChI is InChI=1S/C13H19ClO/c1-13(2,3)15-10-4-5-11-6-8-12(14)9-7-11/h6-9H,4-5,10H2,1-3H3. The molecule has 0 saturated carbocycles. The summed E-state index contributed by atoms with van der Waals surface area (Å²) in [6, 6.07) is 8.00. The van der Waals surface area contributed by atoms with Crippen LogP contribution in [0, 0.1) is 0 Å². The summed E-state index contributed by atoms with van der Waals surface area (Å²) in [5.41, 5.74) is 1.29. The van der Waals surface area contributed by atoms with E-state index in [1.54, 1.807) is 0 Å². The number of ether oxygens (including phenoxy) is 1. The normalized spacial score (nSPS) is 11.7. The molecule has 0 unspecified atom stereocenters. The maximum Gasteiger partial charge on any atom is 0.0598 e. The highest BCUT2D eigenvalue weighted by molar-refractivity contribution is 6.30. The zero-order valence-electron chi connectivity index (χ0n) is 9.72. The summed E-state index contributed by atoms with van der Waals surface area (Å²) in [4.78, 5) is 0. The Kier molecular flexibility index (Phi) is 4.62. The number of rotatable bonds is 4. The zero-order valence-corrected chi connectivity index (χ0v) is 10.5. The molecule has 0 amide bonds. The molecular weight excluding hydrogens is 208 g/mol. The lowest BCUT2D eigenvalue weighted by Gasteiger charge is -2.19. The molecule has 1 aromatic carbocycles. The van der Waals surface area contributed by atoms with Crippen molar-refractivity contribution >= 4 is 11.6 Å². The van der Waals surface area contributed by atoms with Crippen LogP contribution in [0.4, 0.5) is 0 Å². The van der Waals surface area contributed by atoms with E-state index >= 15 is 0 Å². The van der Waals surface area contributed by atoms with Gasteiger partial charge in [-0.3, -0.25) is 0 Å². The van der Waals surface area contributed by atoms with Crippen LogP contribution in [-0.4, -0.2) is 12.2 Å². The highest BCUT2D eigenvalue weighted by atomic mass is 35.5. The summed E-state index contributed by atoms with van der Waals surface area (Å²) in [5.74, 6) is 0. The van der Waals surface area contributed by atoms with Crippen LogP contribution in [0.15, 0.2) is 24.3 Å². The molecule has 0 bridgehead atoms. The Labute approximate surface area is 97.4 Å². The summed E-state index contributed by atoms with van der Waals surface area (Å²) in [6.07, 6.45) is 2.10. The monoisotopic (exact) mass is 226 g/mol. The first-order valence-electron chi connectivity index (χ1n) is 5.36. The molecule has 1 nitrogen and oxygen atoms in total. The second kappa shape index (κ2) is 5.53. The Morgan fingerprint density at radius 1 is 1.13 bits per heavy atom. The lowest BCUT2D eigenvalue weighted by Crippen LogP contribution is -2.19.